The lowest BCUT2D eigenvalue weighted by Crippen LogP contribution is -2.60. The molecule has 0 fully saturated rings. The first-order valence-electron chi connectivity index (χ1n) is 9.51. The van der Waals surface area contributed by atoms with Gasteiger partial charge in [-0.25, -0.2) is 0 Å². The van der Waals surface area contributed by atoms with Gasteiger partial charge in [-0.15, -0.1) is 27.3 Å². The van der Waals surface area contributed by atoms with Crippen molar-refractivity contribution in [2.45, 2.75) is 16.2 Å². The molecule has 2 aromatic rings. The van der Waals surface area contributed by atoms with E-state index in [9.17, 15) is 26.4 Å². The lowest BCUT2D eigenvalue weighted by molar-refractivity contribution is -0.137. The van der Waals surface area contributed by atoms with E-state index in [2.05, 4.69) is 0 Å². The molecule has 0 spiro atoms. The summed E-state index contributed by atoms with van der Waals surface area (Å²) in [5.41, 5.74) is -1.09. The number of ether oxygens (including phenoxy) is 1. The van der Waals surface area contributed by atoms with Crippen LogP contribution in [0, 0.1) is 0 Å². The second-order valence-corrected chi connectivity index (χ2v) is 9.46. The monoisotopic (exact) mass is 493 g/mol. The Kier molecular flexibility index (Phi) is 6.88. The Morgan fingerprint density at radius 1 is 0.889 bits per heavy atom. The van der Waals surface area contributed by atoms with Crippen LogP contribution in [0.15, 0.2) is 35.9 Å². The molecule has 2 N–H and O–H groups in total. The molecule has 1 atom stereocenters. The molecule has 1 aliphatic rings. The number of ketones is 1. The molecule has 6 nitrogen and oxygen atoms in total. The van der Waals surface area contributed by atoms with Crippen LogP contribution in [0.1, 0.15) is 16.7 Å². The van der Waals surface area contributed by atoms with Crippen molar-refractivity contribution in [2.24, 2.45) is 5.73 Å². The Hall–Kier alpha value is -2.49. The van der Waals surface area contributed by atoms with Crippen LogP contribution < -0.4 is 33.0 Å². The fraction of sp³-hybridized carbons (Fsp3) is 0.167. The van der Waals surface area contributed by atoms with Gasteiger partial charge >= 0.3 is 16.3 Å². The van der Waals surface area contributed by atoms with Gasteiger partial charge in [0.2, 0.25) is 17.4 Å². The lowest BCUT2D eigenvalue weighted by atomic mass is 9.53. The average molecular weight is 492 g/mol. The van der Waals surface area contributed by atoms with Crippen LogP contribution >= 0.6 is 0 Å². The van der Waals surface area contributed by atoms with E-state index in [4.69, 9.17) is 77.4 Å². The second-order valence-electron chi connectivity index (χ2n) is 7.71. The summed E-state index contributed by atoms with van der Waals surface area (Å²) in [6, 6.07) is 2.92. The molecule has 0 unspecified atom stereocenters. The molecular formula is C18H6B8F3NO5S. The van der Waals surface area contributed by atoms with Gasteiger partial charge < -0.3 is 14.7 Å². The molecule has 0 bridgehead atoms. The van der Waals surface area contributed by atoms with E-state index in [1.165, 1.54) is 0 Å². The zero-order valence-corrected chi connectivity index (χ0v) is 18.9. The van der Waals surface area contributed by atoms with Gasteiger partial charge in [0.15, 0.2) is 5.50 Å². The van der Waals surface area contributed by atoms with Gasteiger partial charge in [-0.3, -0.25) is 4.79 Å². The second kappa shape index (κ2) is 8.82. The van der Waals surface area contributed by atoms with E-state index in [1.807, 2.05) is 0 Å². The van der Waals surface area contributed by atoms with Crippen molar-refractivity contribution < 1.29 is 35.3 Å². The number of rotatable bonds is 5. The molecule has 0 aromatic heterocycles. The first-order valence-corrected chi connectivity index (χ1v) is 10.9. The predicted octanol–water partition coefficient (Wildman–Crippen LogP) is -4.78. The molecule has 0 aliphatic carbocycles. The van der Waals surface area contributed by atoms with Crippen molar-refractivity contribution in [2.75, 3.05) is 0 Å². The van der Waals surface area contributed by atoms with Gasteiger partial charge in [0.05, 0.1) is 25.8 Å². The molecule has 0 saturated carbocycles. The van der Waals surface area contributed by atoms with Crippen molar-refractivity contribution in [3.8, 4) is 0 Å². The maximum absolute atomic E-state index is 13.1. The molecule has 1 heterocycles. The number of Topliss-reactive ketones (excluding diaryl/α,β-unsaturated/α-hetero) is 1. The zero-order valence-electron chi connectivity index (χ0n) is 18.1. The smallest absolute Gasteiger partial charge is 0.416 e. The minimum Gasteiger partial charge on any atom is -0.467 e. The van der Waals surface area contributed by atoms with Crippen molar-refractivity contribution in [3.63, 3.8) is 0 Å². The van der Waals surface area contributed by atoms with Crippen molar-refractivity contribution in [1.29, 1.82) is 0 Å². The zero-order chi connectivity index (χ0) is 27.6. The maximum atomic E-state index is 13.1. The minimum atomic E-state index is -5.31. The Bertz CT molecular complexity index is 1380. The number of halogens is 3. The molecule has 1 aliphatic heterocycles. The quantitative estimate of drug-likeness (QED) is 0.333. The fourth-order valence-corrected chi connectivity index (χ4v) is 4.28. The third-order valence-corrected chi connectivity index (χ3v) is 6.79. The van der Waals surface area contributed by atoms with Crippen molar-refractivity contribution in [3.05, 3.63) is 52.6 Å². The van der Waals surface area contributed by atoms with Gasteiger partial charge in [0, 0.05) is 0 Å². The first-order chi connectivity index (χ1) is 16.3. The number of benzene rings is 2. The first kappa shape index (κ1) is 28.1. The van der Waals surface area contributed by atoms with E-state index in [0.29, 0.717) is 12.1 Å². The lowest BCUT2D eigenvalue weighted by Gasteiger charge is -2.33. The van der Waals surface area contributed by atoms with Gasteiger partial charge in [0.25, 0.3) is 0 Å². The Balaban J connectivity index is 2.00. The molecule has 164 valence electrons. The Morgan fingerprint density at radius 3 is 1.78 bits per heavy atom. The molecular weight excluding hydrogens is 486 g/mol. The van der Waals surface area contributed by atoms with Crippen LogP contribution in [-0.4, -0.2) is 77.0 Å². The summed E-state index contributed by atoms with van der Waals surface area (Å²) in [5, 5.41) is 0. The summed E-state index contributed by atoms with van der Waals surface area (Å²) < 4.78 is 71.4. The van der Waals surface area contributed by atoms with Gasteiger partial charge in [-0.2, -0.15) is 21.6 Å². The summed E-state index contributed by atoms with van der Waals surface area (Å²) in [6.45, 7) is 0. The molecule has 0 saturated heterocycles. The summed E-state index contributed by atoms with van der Waals surface area (Å²) >= 11 is 0. The highest BCUT2D eigenvalue weighted by Gasteiger charge is 2.51. The van der Waals surface area contributed by atoms with Crippen LogP contribution in [0.4, 0.5) is 13.2 Å². The van der Waals surface area contributed by atoms with E-state index >= 15 is 0 Å². The highest BCUT2D eigenvalue weighted by Crippen LogP contribution is 2.38. The Labute approximate surface area is 215 Å². The van der Waals surface area contributed by atoms with Gasteiger partial charge in [-0.05, 0) is 17.7 Å². The molecule has 3 rings (SSSR count). The number of nitrogens with two attached hydrogens (primary N) is 1. The average Bonchev–Trinajstić information content (AvgIpc) is 2.99. The largest absolute Gasteiger partial charge is 0.467 e. The molecule has 36 heavy (non-hydrogen) atoms. The Morgan fingerprint density at radius 2 is 1.33 bits per heavy atom. The fourth-order valence-electron chi connectivity index (χ4n) is 3.30. The molecule has 2 aromatic carbocycles. The third-order valence-electron chi connectivity index (χ3n) is 5.38. The van der Waals surface area contributed by atoms with Crippen LogP contribution in [0.3, 0.4) is 0 Å². The maximum Gasteiger partial charge on any atom is 0.416 e. The number of carbonyl (C=O) groups excluding carboxylic acids is 1. The van der Waals surface area contributed by atoms with Crippen molar-refractivity contribution >= 4 is 106 Å². The third kappa shape index (κ3) is 4.31. The highest BCUT2D eigenvalue weighted by atomic mass is 32.2. The topological polar surface area (TPSA) is 95.7 Å². The number of alkyl halides is 3. The van der Waals surface area contributed by atoms with Crippen LogP contribution in [0.25, 0.3) is 0 Å². The minimum absolute atomic E-state index is 0.265. The number of carbonyl (C=O) groups is 1. The summed E-state index contributed by atoms with van der Waals surface area (Å²) in [7, 11) is 40.9. The van der Waals surface area contributed by atoms with Crippen LogP contribution in [-0.2, 0) is 40.1 Å². The van der Waals surface area contributed by atoms with E-state index in [1.54, 1.807) is 0 Å². The molecule has 16 radical (unpaired) electrons. The standard InChI is InChI=1S/C18H6B8F3NO5S/c19-8-7(9(20)11(22)12(23)10(8)21)17(25,26)36(32,33)35-13-14(31)16(24,34-15(13)30)5-1-3-6(4-2-5)18(27,28)29/h1-4H,30H2/t16-/m0/s1. The van der Waals surface area contributed by atoms with Crippen molar-refractivity contribution in [1.82, 2.24) is 0 Å². The van der Waals surface area contributed by atoms with Gasteiger partial charge in [-0.1, -0.05) is 17.7 Å². The number of hydrogen-bond acceptors (Lipinski definition) is 6. The van der Waals surface area contributed by atoms with E-state index in [-0.39, 0.29) is 22.0 Å². The van der Waals surface area contributed by atoms with Gasteiger partial charge in [0.1, 0.15) is 47.1 Å². The predicted molar refractivity (Wildman–Crippen MR) is 133 cm³/mol. The highest BCUT2D eigenvalue weighted by molar-refractivity contribution is 7.90. The van der Waals surface area contributed by atoms with Crippen LogP contribution in [0.2, 0.25) is 0 Å². The van der Waals surface area contributed by atoms with E-state index in [0.717, 1.165) is 12.1 Å². The summed E-state index contributed by atoms with van der Waals surface area (Å²) in [5.74, 6) is -3.47. The van der Waals surface area contributed by atoms with E-state index < -0.39 is 65.8 Å². The SMILES string of the molecule is [B]c1c([B])c([B])c(C([B])([B])S(=O)(=O)OC2=C(N)O[C@@]([B])(c3ccc(C(F)(F)F)cc3)C2=O)c([B])c1[B]. The summed E-state index contributed by atoms with van der Waals surface area (Å²) in [6.07, 6.45) is -4.68. The molecule has 0 amide bonds. The normalized spacial score (nSPS) is 18.8. The number of hydrogen-bond donors (Lipinski definition) is 1. The molecule has 18 heteroatoms. The van der Waals surface area contributed by atoms with Crippen LogP contribution in [0.5, 0.6) is 0 Å². The summed E-state index contributed by atoms with van der Waals surface area (Å²) in [4.78, 5) is 13.0.